The molecule has 1 spiro atoms. The average Bonchev–Trinajstić information content (AvgIpc) is 3.68. The van der Waals surface area contributed by atoms with Crippen LogP contribution in [0.15, 0.2) is 12.7 Å². The second-order valence-electron chi connectivity index (χ2n) is 19.2. The lowest BCUT2D eigenvalue weighted by Crippen LogP contribution is -2.64. The molecule has 1 saturated heterocycles. The number of unbranched alkanes of at least 4 members (excludes halogenated alkanes) is 1. The first-order chi connectivity index (χ1) is 25.4. The normalized spacial score (nSPS) is 26.7. The summed E-state index contributed by atoms with van der Waals surface area (Å²) < 4.78 is 26.1. The van der Waals surface area contributed by atoms with Crippen molar-refractivity contribution in [2.24, 2.45) is 28.6 Å². The Morgan fingerprint density at radius 1 is 0.926 bits per heavy atom. The zero-order valence-electron chi connectivity index (χ0n) is 33.9. The van der Waals surface area contributed by atoms with E-state index in [0.29, 0.717) is 32.2 Å². The Balaban J connectivity index is 1.44. The first-order valence-electron chi connectivity index (χ1n) is 21.2. The molecule has 10 nitrogen and oxygen atoms in total. The van der Waals surface area contributed by atoms with Gasteiger partial charge in [0.2, 0.25) is 11.7 Å². The van der Waals surface area contributed by atoms with Gasteiger partial charge >= 0.3 is 6.03 Å². The summed E-state index contributed by atoms with van der Waals surface area (Å²) in [4.78, 5) is 72.2. The third-order valence-electron chi connectivity index (χ3n) is 14.3. The minimum atomic E-state index is -3.56. The van der Waals surface area contributed by atoms with Crippen molar-refractivity contribution in [1.29, 1.82) is 0 Å². The van der Waals surface area contributed by atoms with E-state index in [1.54, 1.807) is 31.7 Å². The second-order valence-corrected chi connectivity index (χ2v) is 21.9. The van der Waals surface area contributed by atoms with Crippen LogP contribution in [0.2, 0.25) is 0 Å². The van der Waals surface area contributed by atoms with E-state index < -0.39 is 61.1 Å². The Morgan fingerprint density at radius 2 is 1.56 bits per heavy atom. The standard InChI is InChI=1S/C43H69N3O7S/c1-7-9-17-30(36(49)33(47)18-10-8-2)27-34(48)35-31-19-24-42(25-26-42)32(31)28-46(35)38(50)37(41(6)20-13-11-14-21-41)44-39(51)45-43(22-15-12-16-23-43)29-54(52,53)40(3,4)5/h8,30-32,35,37H,2,7,9-29H2,1,3-6H3,(H2,44,45,51)/t30?,31-,32-,35-,37+/m0/s1. The monoisotopic (exact) mass is 771 g/mol. The predicted octanol–water partition coefficient (Wildman–Crippen LogP) is 7.43. The Labute approximate surface area is 325 Å². The van der Waals surface area contributed by atoms with Gasteiger partial charge in [-0.15, -0.1) is 6.58 Å². The maximum atomic E-state index is 15.2. The number of likely N-dealkylation sites (tertiary alicyclic amines) is 1. The Kier molecular flexibility index (Phi) is 13.3. The quantitative estimate of drug-likeness (QED) is 0.116. The van der Waals surface area contributed by atoms with Crippen LogP contribution in [0.1, 0.15) is 163 Å². The van der Waals surface area contributed by atoms with Crippen molar-refractivity contribution in [3.05, 3.63) is 12.7 Å². The summed E-state index contributed by atoms with van der Waals surface area (Å²) in [6.07, 6.45) is 16.2. The molecule has 5 fully saturated rings. The number of rotatable bonds is 17. The summed E-state index contributed by atoms with van der Waals surface area (Å²) in [5.74, 6) is -2.05. The van der Waals surface area contributed by atoms with Crippen LogP contribution in [0.4, 0.5) is 4.79 Å². The number of hydrogen-bond acceptors (Lipinski definition) is 7. The van der Waals surface area contributed by atoms with Crippen molar-refractivity contribution in [3.63, 3.8) is 0 Å². The number of hydrogen-bond donors (Lipinski definition) is 2. The fourth-order valence-electron chi connectivity index (χ4n) is 10.6. The molecule has 54 heavy (non-hydrogen) atoms. The van der Waals surface area contributed by atoms with E-state index >= 15 is 4.79 Å². The molecule has 4 saturated carbocycles. The smallest absolute Gasteiger partial charge is 0.315 e. The molecule has 5 atom stereocenters. The number of sulfone groups is 1. The van der Waals surface area contributed by atoms with E-state index in [0.717, 1.165) is 89.9 Å². The molecule has 1 unspecified atom stereocenters. The number of nitrogens with zero attached hydrogens (tertiary/aromatic N) is 1. The van der Waals surface area contributed by atoms with Gasteiger partial charge in [-0.25, -0.2) is 13.2 Å². The van der Waals surface area contributed by atoms with Gasteiger partial charge < -0.3 is 15.5 Å². The van der Waals surface area contributed by atoms with Crippen LogP contribution < -0.4 is 10.6 Å². The first-order valence-corrected chi connectivity index (χ1v) is 22.9. The topological polar surface area (TPSA) is 147 Å². The molecule has 3 amide bonds. The van der Waals surface area contributed by atoms with Crippen molar-refractivity contribution in [3.8, 4) is 0 Å². The number of urea groups is 1. The van der Waals surface area contributed by atoms with Crippen molar-refractivity contribution in [1.82, 2.24) is 15.5 Å². The molecule has 11 heteroatoms. The van der Waals surface area contributed by atoms with E-state index in [1.807, 2.05) is 6.92 Å². The lowest BCUT2D eigenvalue weighted by molar-refractivity contribution is -0.144. The molecular weight excluding hydrogens is 703 g/mol. The fourth-order valence-corrected chi connectivity index (χ4v) is 12.1. The molecule has 5 aliphatic rings. The third-order valence-corrected chi connectivity index (χ3v) is 17.1. The fraction of sp³-hybridized carbons (Fsp3) is 0.837. The van der Waals surface area contributed by atoms with Crippen molar-refractivity contribution in [2.45, 2.75) is 185 Å². The van der Waals surface area contributed by atoms with Gasteiger partial charge in [0.25, 0.3) is 0 Å². The summed E-state index contributed by atoms with van der Waals surface area (Å²) in [6.45, 7) is 13.3. The molecule has 5 rings (SSSR count). The molecular formula is C43H69N3O7S. The van der Waals surface area contributed by atoms with Crippen LogP contribution in [0, 0.1) is 28.6 Å². The van der Waals surface area contributed by atoms with Gasteiger partial charge in [-0.3, -0.25) is 19.2 Å². The predicted molar refractivity (Wildman–Crippen MR) is 211 cm³/mol. The molecule has 1 aliphatic heterocycles. The van der Waals surface area contributed by atoms with Gasteiger partial charge in [0.05, 0.1) is 22.1 Å². The Morgan fingerprint density at radius 3 is 2.13 bits per heavy atom. The minimum Gasteiger partial charge on any atom is -0.332 e. The zero-order chi connectivity index (χ0) is 39.5. The number of fused-ring (bicyclic) bond motifs is 2. The molecule has 1 heterocycles. The van der Waals surface area contributed by atoms with Crippen LogP contribution in [-0.4, -0.2) is 77.3 Å². The van der Waals surface area contributed by atoms with E-state index in [2.05, 4.69) is 24.1 Å². The van der Waals surface area contributed by atoms with Crippen LogP contribution in [-0.2, 0) is 29.0 Å². The number of carbonyl (C=O) groups excluding carboxylic acids is 5. The molecule has 304 valence electrons. The van der Waals surface area contributed by atoms with E-state index in [1.165, 1.54) is 0 Å². The van der Waals surface area contributed by atoms with Gasteiger partial charge in [0.1, 0.15) is 6.04 Å². The lowest BCUT2D eigenvalue weighted by Gasteiger charge is -2.44. The number of nitrogens with one attached hydrogen (secondary N) is 2. The molecule has 0 aromatic carbocycles. The van der Waals surface area contributed by atoms with Crippen molar-refractivity contribution < 1.29 is 32.4 Å². The molecule has 0 radical (unpaired) electrons. The zero-order valence-corrected chi connectivity index (χ0v) is 34.8. The van der Waals surface area contributed by atoms with Gasteiger partial charge in [0, 0.05) is 25.3 Å². The van der Waals surface area contributed by atoms with Crippen LogP contribution in [0.5, 0.6) is 0 Å². The van der Waals surface area contributed by atoms with Gasteiger partial charge in [-0.2, -0.15) is 0 Å². The summed E-state index contributed by atoms with van der Waals surface area (Å²) in [6, 6.07) is -2.14. The Hall–Kier alpha value is -2.56. The maximum Gasteiger partial charge on any atom is 0.315 e. The highest BCUT2D eigenvalue weighted by Crippen LogP contribution is 2.66. The number of ketones is 3. The molecule has 0 aromatic rings. The van der Waals surface area contributed by atoms with Gasteiger partial charge in [0.15, 0.2) is 21.4 Å². The molecule has 4 aliphatic carbocycles. The number of carbonyl (C=O) groups is 5. The number of allylic oxidation sites excluding steroid dienone is 1. The average molecular weight is 772 g/mol. The number of Topliss-reactive ketones (excluding diaryl/α,β-unsaturated/α-hetero) is 3. The molecule has 0 bridgehead atoms. The van der Waals surface area contributed by atoms with E-state index in [9.17, 15) is 27.6 Å². The lowest BCUT2D eigenvalue weighted by atomic mass is 9.70. The summed E-state index contributed by atoms with van der Waals surface area (Å²) in [5.41, 5.74) is -1.33. The summed E-state index contributed by atoms with van der Waals surface area (Å²) in [5, 5.41) is 6.26. The van der Waals surface area contributed by atoms with Crippen molar-refractivity contribution in [2.75, 3.05) is 12.3 Å². The summed E-state index contributed by atoms with van der Waals surface area (Å²) >= 11 is 0. The first kappa shape index (κ1) is 42.6. The van der Waals surface area contributed by atoms with E-state index in [-0.39, 0.29) is 47.5 Å². The van der Waals surface area contributed by atoms with E-state index in [4.69, 9.17) is 0 Å². The molecule has 0 aromatic heterocycles. The Bertz CT molecular complexity index is 1530. The highest BCUT2D eigenvalue weighted by Gasteiger charge is 2.64. The van der Waals surface area contributed by atoms with Gasteiger partial charge in [-0.05, 0) is 108 Å². The largest absolute Gasteiger partial charge is 0.332 e. The highest BCUT2D eigenvalue weighted by molar-refractivity contribution is 7.92. The van der Waals surface area contributed by atoms with Crippen LogP contribution in [0.3, 0.4) is 0 Å². The SMILES string of the molecule is C=CCCC(=O)C(=O)C(CCCC)CC(=O)[C@@H]1[C@H]2CCC3(CC3)[C@H]2CN1C(=O)[C@@H](NC(=O)NC1(CS(=O)(=O)C(C)(C)C)CCCCC1)C1(C)CCCCC1. The second kappa shape index (κ2) is 16.9. The number of amides is 3. The van der Waals surface area contributed by atoms with Crippen LogP contribution >= 0.6 is 0 Å². The van der Waals surface area contributed by atoms with Gasteiger partial charge in [-0.1, -0.05) is 71.3 Å². The van der Waals surface area contributed by atoms with Crippen LogP contribution in [0.25, 0.3) is 0 Å². The maximum absolute atomic E-state index is 15.2. The highest BCUT2D eigenvalue weighted by atomic mass is 32.2. The molecule has 2 N–H and O–H groups in total. The minimum absolute atomic E-state index is 0.0101. The summed E-state index contributed by atoms with van der Waals surface area (Å²) in [7, 11) is -3.56. The van der Waals surface area contributed by atoms with Crippen molar-refractivity contribution >= 4 is 39.1 Å². The third kappa shape index (κ3) is 9.18.